The first-order valence-electron chi connectivity index (χ1n) is 13.3. The molecule has 0 bridgehead atoms. The van der Waals surface area contributed by atoms with Gasteiger partial charge in [-0.1, -0.05) is 12.1 Å². The summed E-state index contributed by atoms with van der Waals surface area (Å²) < 4.78 is 22.9. The summed E-state index contributed by atoms with van der Waals surface area (Å²) in [5.41, 5.74) is 1.31. The van der Waals surface area contributed by atoms with Gasteiger partial charge in [-0.2, -0.15) is 5.11 Å². The van der Waals surface area contributed by atoms with Gasteiger partial charge >= 0.3 is 20.7 Å². The zero-order chi connectivity index (χ0) is 30.3. The number of carboxylic acids is 2. The number of amides is 1. The van der Waals surface area contributed by atoms with Gasteiger partial charge in [0.25, 0.3) is 5.91 Å². The number of nitrogens with one attached hydrogen (secondary N) is 1. The van der Waals surface area contributed by atoms with Crippen molar-refractivity contribution in [3.8, 4) is 5.75 Å². The van der Waals surface area contributed by atoms with E-state index in [-0.39, 0.29) is 17.3 Å². The van der Waals surface area contributed by atoms with Crippen LogP contribution in [0.15, 0.2) is 52.7 Å². The SMILES string of the molecule is CCO[Si](CCCNC(=O)c1ccccc1N=Nc1ccc(N(CC(=O)O)CC(=O)O)c(OC)c1)(OCC)OCC. The van der Waals surface area contributed by atoms with Crippen LogP contribution in [0.2, 0.25) is 6.04 Å². The van der Waals surface area contributed by atoms with E-state index in [1.54, 1.807) is 30.3 Å². The Kier molecular flexibility index (Phi) is 13.9. The van der Waals surface area contributed by atoms with Gasteiger partial charge in [0.2, 0.25) is 0 Å². The Morgan fingerprint density at radius 3 is 2.07 bits per heavy atom. The minimum absolute atomic E-state index is 0.223. The van der Waals surface area contributed by atoms with Gasteiger partial charge < -0.3 is 38.4 Å². The Bertz CT molecular complexity index is 1160. The molecule has 2 aromatic carbocycles. The predicted molar refractivity (Wildman–Crippen MR) is 153 cm³/mol. The molecular formula is C27H38N4O9Si. The highest BCUT2D eigenvalue weighted by Gasteiger charge is 2.39. The van der Waals surface area contributed by atoms with Gasteiger partial charge in [0.05, 0.1) is 29.7 Å². The molecular weight excluding hydrogens is 552 g/mol. The van der Waals surface area contributed by atoms with Crippen molar-refractivity contribution in [3.05, 3.63) is 48.0 Å². The summed E-state index contributed by atoms with van der Waals surface area (Å²) in [7, 11) is -1.42. The molecule has 13 nitrogen and oxygen atoms in total. The third kappa shape index (κ3) is 10.6. The molecule has 0 saturated carbocycles. The molecule has 0 aliphatic rings. The number of ether oxygens (including phenoxy) is 1. The first-order valence-corrected chi connectivity index (χ1v) is 15.2. The van der Waals surface area contributed by atoms with Crippen molar-refractivity contribution in [1.29, 1.82) is 0 Å². The molecule has 0 aliphatic heterocycles. The van der Waals surface area contributed by atoms with Crippen molar-refractivity contribution in [2.75, 3.05) is 51.5 Å². The van der Waals surface area contributed by atoms with E-state index in [2.05, 4.69) is 15.5 Å². The number of carbonyl (C=O) groups excluding carboxylic acids is 1. The Morgan fingerprint density at radius 1 is 0.902 bits per heavy atom. The van der Waals surface area contributed by atoms with Crippen LogP contribution in [0.5, 0.6) is 5.75 Å². The molecule has 0 atom stereocenters. The Balaban J connectivity index is 2.14. The maximum absolute atomic E-state index is 13.0. The second-order valence-electron chi connectivity index (χ2n) is 8.56. The van der Waals surface area contributed by atoms with Crippen LogP contribution in [0.3, 0.4) is 0 Å². The quantitative estimate of drug-likeness (QED) is 0.122. The van der Waals surface area contributed by atoms with Gasteiger partial charge in [-0.15, -0.1) is 5.11 Å². The van der Waals surface area contributed by atoms with Gasteiger partial charge in [0, 0.05) is 38.5 Å². The number of hydrogen-bond donors (Lipinski definition) is 3. The highest BCUT2D eigenvalue weighted by atomic mass is 28.4. The largest absolute Gasteiger partial charge is 0.500 e. The van der Waals surface area contributed by atoms with Gasteiger partial charge in [-0.25, -0.2) is 0 Å². The molecule has 2 aromatic rings. The smallest absolute Gasteiger partial charge is 0.495 e. The summed E-state index contributed by atoms with van der Waals surface area (Å²) in [6.07, 6.45) is 0.606. The lowest BCUT2D eigenvalue weighted by molar-refractivity contribution is -0.136. The first-order chi connectivity index (χ1) is 19.7. The van der Waals surface area contributed by atoms with Gasteiger partial charge in [-0.05, 0) is 51.5 Å². The molecule has 0 fully saturated rings. The number of anilines is 1. The number of methoxy groups -OCH3 is 1. The van der Waals surface area contributed by atoms with Crippen LogP contribution >= 0.6 is 0 Å². The van der Waals surface area contributed by atoms with E-state index in [9.17, 15) is 14.4 Å². The second kappa shape index (κ2) is 17.1. The van der Waals surface area contributed by atoms with Crippen molar-refractivity contribution >= 4 is 43.7 Å². The molecule has 41 heavy (non-hydrogen) atoms. The number of carbonyl (C=O) groups is 3. The van der Waals surface area contributed by atoms with E-state index in [1.807, 2.05) is 20.8 Å². The van der Waals surface area contributed by atoms with E-state index in [1.165, 1.54) is 19.2 Å². The third-order valence-corrected chi connectivity index (χ3v) is 8.77. The number of nitrogens with zero attached hydrogens (tertiary/aromatic N) is 3. The van der Waals surface area contributed by atoms with Gasteiger partial charge in [0.15, 0.2) is 0 Å². The fraction of sp³-hybridized carbons (Fsp3) is 0.444. The molecule has 0 heterocycles. The van der Waals surface area contributed by atoms with Crippen LogP contribution in [0.1, 0.15) is 37.6 Å². The van der Waals surface area contributed by atoms with Crippen LogP contribution in [0.25, 0.3) is 0 Å². The number of carboxylic acid groups (broad SMARTS) is 2. The molecule has 0 radical (unpaired) electrons. The third-order valence-electron chi connectivity index (χ3n) is 5.62. The molecule has 1 amide bonds. The molecule has 0 aliphatic carbocycles. The summed E-state index contributed by atoms with van der Waals surface area (Å²) in [6, 6.07) is 11.9. The van der Waals surface area contributed by atoms with Crippen LogP contribution in [-0.4, -0.2) is 83.4 Å². The van der Waals surface area contributed by atoms with Crippen molar-refractivity contribution in [2.45, 2.75) is 33.2 Å². The highest BCUT2D eigenvalue weighted by molar-refractivity contribution is 6.60. The van der Waals surface area contributed by atoms with E-state index < -0.39 is 33.8 Å². The van der Waals surface area contributed by atoms with Crippen LogP contribution in [-0.2, 0) is 22.9 Å². The highest BCUT2D eigenvalue weighted by Crippen LogP contribution is 2.33. The maximum Gasteiger partial charge on any atom is 0.500 e. The van der Waals surface area contributed by atoms with Crippen molar-refractivity contribution in [2.24, 2.45) is 10.2 Å². The van der Waals surface area contributed by atoms with Crippen LogP contribution in [0, 0.1) is 0 Å². The molecule has 3 N–H and O–H groups in total. The number of aliphatic carboxylic acids is 2. The van der Waals surface area contributed by atoms with E-state index >= 15 is 0 Å². The molecule has 0 saturated heterocycles. The zero-order valence-corrected chi connectivity index (χ0v) is 24.8. The summed E-state index contributed by atoms with van der Waals surface area (Å²) in [5, 5.41) is 29.7. The minimum atomic E-state index is -2.80. The number of benzene rings is 2. The molecule has 0 aromatic heterocycles. The standard InChI is InChI=1S/C27H38N4O9Si/c1-5-38-41(39-6-2,40-7-3)16-10-15-28-27(36)21-11-8-9-12-22(21)30-29-20-13-14-23(24(17-20)37-4)31(18-25(32)33)19-26(34)35/h8-9,11-14,17H,5-7,10,15-16,18-19H2,1-4H3,(H,28,36)(H,32,33)(H,34,35). The summed E-state index contributed by atoms with van der Waals surface area (Å²) in [5.74, 6) is -2.47. The molecule has 14 heteroatoms. The molecule has 2 rings (SSSR count). The van der Waals surface area contributed by atoms with E-state index in [0.29, 0.717) is 55.8 Å². The van der Waals surface area contributed by atoms with Crippen molar-refractivity contribution < 1.29 is 42.6 Å². The summed E-state index contributed by atoms with van der Waals surface area (Å²) in [6.45, 7) is 6.45. The summed E-state index contributed by atoms with van der Waals surface area (Å²) in [4.78, 5) is 36.6. The lowest BCUT2D eigenvalue weighted by Crippen LogP contribution is -2.46. The monoisotopic (exact) mass is 590 g/mol. The Hall–Kier alpha value is -3.85. The normalized spacial score (nSPS) is 11.4. The average Bonchev–Trinajstić information content (AvgIpc) is 2.93. The van der Waals surface area contributed by atoms with Gasteiger partial charge in [0.1, 0.15) is 18.8 Å². The van der Waals surface area contributed by atoms with E-state index in [0.717, 1.165) is 4.90 Å². The molecule has 0 spiro atoms. The lowest BCUT2D eigenvalue weighted by Gasteiger charge is -2.28. The van der Waals surface area contributed by atoms with Crippen LogP contribution in [0.4, 0.5) is 17.1 Å². The first kappa shape index (κ1) is 33.4. The minimum Gasteiger partial charge on any atom is -0.495 e. The fourth-order valence-electron chi connectivity index (χ4n) is 4.01. The Morgan fingerprint density at radius 2 is 1.51 bits per heavy atom. The lowest BCUT2D eigenvalue weighted by atomic mass is 10.1. The average molecular weight is 591 g/mol. The number of rotatable bonds is 19. The second-order valence-corrected chi connectivity index (χ2v) is 11.3. The van der Waals surface area contributed by atoms with Crippen molar-refractivity contribution in [3.63, 3.8) is 0 Å². The zero-order valence-electron chi connectivity index (χ0n) is 23.8. The summed E-state index contributed by atoms with van der Waals surface area (Å²) >= 11 is 0. The predicted octanol–water partition coefficient (Wildman–Crippen LogP) is 4.25. The number of azo groups is 1. The van der Waals surface area contributed by atoms with Crippen molar-refractivity contribution in [1.82, 2.24) is 5.32 Å². The molecule has 224 valence electrons. The van der Waals surface area contributed by atoms with Gasteiger partial charge in [-0.3, -0.25) is 14.4 Å². The van der Waals surface area contributed by atoms with Crippen LogP contribution < -0.4 is 15.0 Å². The number of hydrogen-bond acceptors (Lipinski definition) is 10. The fourth-order valence-corrected chi connectivity index (χ4v) is 6.62. The topological polar surface area (TPSA) is 169 Å². The maximum atomic E-state index is 13.0. The Labute approximate surface area is 240 Å². The molecule has 0 unspecified atom stereocenters. The van der Waals surface area contributed by atoms with E-state index in [4.69, 9.17) is 28.2 Å².